The van der Waals surface area contributed by atoms with E-state index in [0.717, 1.165) is 0 Å². The third-order valence-electron chi connectivity index (χ3n) is 2.10. The second-order valence-electron chi connectivity index (χ2n) is 3.96. The van der Waals surface area contributed by atoms with E-state index in [0.29, 0.717) is 11.3 Å². The Bertz CT molecular complexity index is 566. The number of sulfonamides is 1. The minimum absolute atomic E-state index is 0.117. The molecule has 0 aliphatic heterocycles. The number of primary sulfonamides is 1. The first-order valence-corrected chi connectivity index (χ1v) is 7.11. The molecule has 0 aliphatic carbocycles. The van der Waals surface area contributed by atoms with E-state index in [1.165, 1.54) is 6.92 Å². The molecule has 0 saturated heterocycles. The van der Waals surface area contributed by atoms with Crippen molar-refractivity contribution in [2.45, 2.75) is 12.7 Å². The second-order valence-corrected chi connectivity index (χ2v) is 5.58. The van der Waals surface area contributed by atoms with Crippen molar-refractivity contribution >= 4 is 27.5 Å². The van der Waals surface area contributed by atoms with Crippen LogP contribution in [0.5, 0.6) is 0 Å². The van der Waals surface area contributed by atoms with Gasteiger partial charge < -0.3 is 10.6 Å². The minimum Gasteiger partial charge on any atom is -0.347 e. The molecule has 19 heavy (non-hydrogen) atoms. The molecule has 0 aliphatic rings. The Balaban J connectivity index is 2.57. The number of rotatable bonds is 5. The lowest BCUT2D eigenvalue weighted by atomic mass is 10.2. The SMILES string of the molecule is CC(=O)NCC(=O)Nc1ccc(CS(N)(=O)=O)cc1. The summed E-state index contributed by atoms with van der Waals surface area (Å²) in [5.41, 5.74) is 1.04. The number of hydrogen-bond donors (Lipinski definition) is 3. The fourth-order valence-electron chi connectivity index (χ4n) is 1.33. The molecule has 1 aromatic carbocycles. The van der Waals surface area contributed by atoms with Crippen LogP contribution in [0.25, 0.3) is 0 Å². The van der Waals surface area contributed by atoms with Crippen LogP contribution < -0.4 is 15.8 Å². The minimum atomic E-state index is -3.57. The molecule has 0 heterocycles. The summed E-state index contributed by atoms with van der Waals surface area (Å²) in [7, 11) is -3.57. The van der Waals surface area contributed by atoms with E-state index in [9.17, 15) is 18.0 Å². The Morgan fingerprint density at radius 2 is 1.79 bits per heavy atom. The molecule has 0 fully saturated rings. The van der Waals surface area contributed by atoms with Crippen molar-refractivity contribution in [3.8, 4) is 0 Å². The topological polar surface area (TPSA) is 118 Å². The zero-order valence-corrected chi connectivity index (χ0v) is 11.2. The summed E-state index contributed by atoms with van der Waals surface area (Å²) >= 11 is 0. The number of anilines is 1. The number of nitrogens with one attached hydrogen (secondary N) is 2. The van der Waals surface area contributed by atoms with Crippen molar-refractivity contribution in [1.29, 1.82) is 0 Å². The van der Waals surface area contributed by atoms with Crippen LogP contribution in [-0.2, 0) is 25.4 Å². The number of amides is 2. The van der Waals surface area contributed by atoms with Crippen LogP contribution in [0.4, 0.5) is 5.69 Å². The Morgan fingerprint density at radius 3 is 2.26 bits per heavy atom. The smallest absolute Gasteiger partial charge is 0.243 e. The zero-order valence-electron chi connectivity index (χ0n) is 10.3. The van der Waals surface area contributed by atoms with Crippen molar-refractivity contribution in [3.63, 3.8) is 0 Å². The van der Waals surface area contributed by atoms with Gasteiger partial charge in [-0.15, -0.1) is 0 Å². The van der Waals surface area contributed by atoms with E-state index in [2.05, 4.69) is 10.6 Å². The number of hydrogen-bond acceptors (Lipinski definition) is 4. The highest BCUT2D eigenvalue weighted by atomic mass is 32.2. The van der Waals surface area contributed by atoms with Gasteiger partial charge in [-0.1, -0.05) is 12.1 Å². The molecule has 0 aromatic heterocycles. The van der Waals surface area contributed by atoms with E-state index in [-0.39, 0.29) is 24.1 Å². The van der Waals surface area contributed by atoms with E-state index in [1.54, 1.807) is 24.3 Å². The average Bonchev–Trinajstić information content (AvgIpc) is 2.27. The Morgan fingerprint density at radius 1 is 1.21 bits per heavy atom. The summed E-state index contributed by atoms with van der Waals surface area (Å²) in [6, 6.07) is 6.23. The van der Waals surface area contributed by atoms with Crippen molar-refractivity contribution < 1.29 is 18.0 Å². The monoisotopic (exact) mass is 285 g/mol. The summed E-state index contributed by atoms with van der Waals surface area (Å²) in [5, 5.41) is 9.83. The third kappa shape index (κ3) is 6.53. The van der Waals surface area contributed by atoms with Crippen LogP contribution in [0.3, 0.4) is 0 Å². The second kappa shape index (κ2) is 6.30. The molecule has 4 N–H and O–H groups in total. The van der Waals surface area contributed by atoms with Crippen molar-refractivity contribution in [3.05, 3.63) is 29.8 Å². The van der Waals surface area contributed by atoms with Gasteiger partial charge in [-0.05, 0) is 17.7 Å². The Kier molecular flexibility index (Phi) is 5.02. The maximum atomic E-state index is 11.4. The number of carbonyl (C=O) groups excluding carboxylic acids is 2. The first-order chi connectivity index (χ1) is 8.76. The molecule has 0 atom stereocenters. The first-order valence-electron chi connectivity index (χ1n) is 5.40. The lowest BCUT2D eigenvalue weighted by Crippen LogP contribution is -2.31. The summed E-state index contributed by atoms with van der Waals surface area (Å²) in [6.45, 7) is 1.20. The van der Waals surface area contributed by atoms with Gasteiger partial charge in [0.05, 0.1) is 12.3 Å². The third-order valence-corrected chi connectivity index (χ3v) is 2.84. The lowest BCUT2D eigenvalue weighted by Gasteiger charge is -2.06. The summed E-state index contributed by atoms with van der Waals surface area (Å²) in [4.78, 5) is 22.0. The first kappa shape index (κ1) is 15.1. The molecular formula is C11H15N3O4S. The molecule has 104 valence electrons. The highest BCUT2D eigenvalue weighted by Gasteiger charge is 2.06. The number of nitrogens with two attached hydrogens (primary N) is 1. The highest BCUT2D eigenvalue weighted by Crippen LogP contribution is 2.10. The highest BCUT2D eigenvalue weighted by molar-refractivity contribution is 7.88. The van der Waals surface area contributed by atoms with E-state index >= 15 is 0 Å². The van der Waals surface area contributed by atoms with Crippen molar-refractivity contribution in [2.75, 3.05) is 11.9 Å². The van der Waals surface area contributed by atoms with Crippen molar-refractivity contribution in [1.82, 2.24) is 5.32 Å². The molecule has 2 amide bonds. The molecule has 0 unspecified atom stereocenters. The van der Waals surface area contributed by atoms with Crippen LogP contribution in [0, 0.1) is 0 Å². The summed E-state index contributed by atoms with van der Waals surface area (Å²) < 4.78 is 21.8. The van der Waals surface area contributed by atoms with Crippen LogP contribution in [0.1, 0.15) is 12.5 Å². The molecule has 0 bridgehead atoms. The van der Waals surface area contributed by atoms with Crippen molar-refractivity contribution in [2.24, 2.45) is 5.14 Å². The Hall–Kier alpha value is -1.93. The lowest BCUT2D eigenvalue weighted by molar-refractivity contribution is -0.122. The van der Waals surface area contributed by atoms with Crippen LogP contribution in [0.15, 0.2) is 24.3 Å². The van der Waals surface area contributed by atoms with E-state index < -0.39 is 10.0 Å². The summed E-state index contributed by atoms with van der Waals surface area (Å²) in [6.07, 6.45) is 0. The van der Waals surface area contributed by atoms with Crippen LogP contribution in [-0.4, -0.2) is 26.8 Å². The number of carbonyl (C=O) groups is 2. The largest absolute Gasteiger partial charge is 0.347 e. The molecule has 7 nitrogen and oxygen atoms in total. The van der Waals surface area contributed by atoms with Crippen LogP contribution in [0.2, 0.25) is 0 Å². The molecule has 8 heteroatoms. The van der Waals surface area contributed by atoms with Gasteiger partial charge in [-0.2, -0.15) is 0 Å². The molecule has 0 saturated carbocycles. The predicted octanol–water partition coefficient (Wildman–Crippen LogP) is -0.450. The van der Waals surface area contributed by atoms with Gasteiger partial charge in [0.15, 0.2) is 0 Å². The fraction of sp³-hybridized carbons (Fsp3) is 0.273. The standard InChI is InChI=1S/C11H15N3O4S/c1-8(15)13-6-11(16)14-10-4-2-9(3-5-10)7-19(12,17)18/h2-5H,6-7H2,1H3,(H,13,15)(H,14,16)(H2,12,17,18). The maximum Gasteiger partial charge on any atom is 0.243 e. The van der Waals surface area contributed by atoms with Gasteiger partial charge in [0, 0.05) is 12.6 Å². The average molecular weight is 285 g/mol. The number of benzene rings is 1. The van der Waals surface area contributed by atoms with Gasteiger partial charge in [-0.3, -0.25) is 9.59 Å². The quantitative estimate of drug-likeness (QED) is 0.679. The van der Waals surface area contributed by atoms with E-state index in [4.69, 9.17) is 5.14 Å². The summed E-state index contributed by atoms with van der Waals surface area (Å²) in [5.74, 6) is -0.916. The molecule has 0 spiro atoms. The van der Waals surface area contributed by atoms with Gasteiger partial charge >= 0.3 is 0 Å². The predicted molar refractivity (Wildman–Crippen MR) is 70.6 cm³/mol. The molecule has 1 aromatic rings. The normalized spacial score (nSPS) is 10.8. The van der Waals surface area contributed by atoms with Gasteiger partial charge in [0.25, 0.3) is 0 Å². The fourth-order valence-corrected chi connectivity index (χ4v) is 1.98. The van der Waals surface area contributed by atoms with Gasteiger partial charge in [0.2, 0.25) is 21.8 Å². The van der Waals surface area contributed by atoms with Gasteiger partial charge in [0.1, 0.15) is 0 Å². The Labute approximate surface area is 111 Å². The maximum absolute atomic E-state index is 11.4. The molecule has 1 rings (SSSR count). The van der Waals surface area contributed by atoms with Gasteiger partial charge in [-0.25, -0.2) is 13.6 Å². The molecular weight excluding hydrogens is 270 g/mol. The van der Waals surface area contributed by atoms with E-state index in [1.807, 2.05) is 0 Å². The molecule has 0 radical (unpaired) electrons. The van der Waals surface area contributed by atoms with Crippen LogP contribution >= 0.6 is 0 Å². The zero-order chi connectivity index (χ0) is 14.5.